The van der Waals surface area contributed by atoms with Crippen LogP contribution in [0.4, 0.5) is 0 Å². The van der Waals surface area contributed by atoms with Gasteiger partial charge in [0.2, 0.25) is 10.0 Å². The van der Waals surface area contributed by atoms with E-state index < -0.39 is 10.0 Å². The number of sulfonamides is 1. The van der Waals surface area contributed by atoms with Gasteiger partial charge in [0.05, 0.1) is 17.3 Å². The van der Waals surface area contributed by atoms with Gasteiger partial charge >= 0.3 is 0 Å². The van der Waals surface area contributed by atoms with Gasteiger partial charge in [-0.3, -0.25) is 0 Å². The molecule has 1 aliphatic carbocycles. The number of rotatable bonds is 6. The van der Waals surface area contributed by atoms with E-state index in [9.17, 15) is 8.42 Å². The van der Waals surface area contributed by atoms with Crippen molar-refractivity contribution in [1.82, 2.24) is 14.9 Å². The Balaban J connectivity index is 1.94. The second kappa shape index (κ2) is 5.36. The number of nitrogens with zero attached hydrogens (tertiary/aromatic N) is 2. The Kier molecular flexibility index (Phi) is 3.68. The third kappa shape index (κ3) is 2.78. The minimum Gasteiger partial charge on any atom is -0.336 e. The van der Waals surface area contributed by atoms with Crippen LogP contribution in [0.3, 0.4) is 0 Å². The molecule has 2 aromatic heterocycles. The van der Waals surface area contributed by atoms with Crippen molar-refractivity contribution in [2.75, 3.05) is 6.54 Å². The molecule has 3 N–H and O–H groups in total. The average molecular weight is 310 g/mol. The number of aryl methyl sites for hydroxylation is 1. The minimum atomic E-state index is -3.63. The number of pyridine rings is 1. The smallest absolute Gasteiger partial charge is 0.258 e. The molecule has 0 aliphatic heterocycles. The van der Waals surface area contributed by atoms with Crippen molar-refractivity contribution < 1.29 is 12.9 Å². The summed E-state index contributed by atoms with van der Waals surface area (Å²) in [7, 11) is -3.63. The molecule has 0 saturated heterocycles. The number of aromatic nitrogens is 2. The quantitative estimate of drug-likeness (QED) is 0.816. The van der Waals surface area contributed by atoms with E-state index in [1.165, 1.54) is 6.20 Å². The highest BCUT2D eigenvalue weighted by molar-refractivity contribution is 7.89. The van der Waals surface area contributed by atoms with Gasteiger partial charge in [0, 0.05) is 12.6 Å². The zero-order valence-electron chi connectivity index (χ0n) is 11.7. The lowest BCUT2D eigenvalue weighted by molar-refractivity contribution is 0.439. The largest absolute Gasteiger partial charge is 0.336 e. The number of nitrogens with one attached hydrogen (secondary N) is 1. The van der Waals surface area contributed by atoms with E-state index in [0.29, 0.717) is 35.7 Å². The summed E-state index contributed by atoms with van der Waals surface area (Å²) in [6, 6.07) is 1.35. The number of hydrogen-bond donors (Lipinski definition) is 2. The standard InChI is InChI=1S/C13H18N4O3S/c1-2-11-10-5-9(7-15-13(10)20-16-11)21(18,19)17-12(6-14)8-3-4-8/h5,7-8,12,17H,2-4,6,14H2,1H3. The summed E-state index contributed by atoms with van der Waals surface area (Å²) in [5.74, 6) is 0.350. The first-order valence-electron chi connectivity index (χ1n) is 7.02. The van der Waals surface area contributed by atoms with Crippen molar-refractivity contribution in [3.63, 3.8) is 0 Å². The molecule has 1 unspecified atom stereocenters. The highest BCUT2D eigenvalue weighted by Gasteiger charge is 2.33. The van der Waals surface area contributed by atoms with E-state index in [1.54, 1.807) is 6.07 Å². The normalized spacial score (nSPS) is 17.2. The van der Waals surface area contributed by atoms with Crippen LogP contribution in [0.2, 0.25) is 0 Å². The Bertz CT molecular complexity index is 752. The van der Waals surface area contributed by atoms with Crippen molar-refractivity contribution in [3.05, 3.63) is 18.0 Å². The van der Waals surface area contributed by atoms with Crippen molar-refractivity contribution in [3.8, 4) is 0 Å². The zero-order chi connectivity index (χ0) is 15.0. The fourth-order valence-corrected chi connectivity index (χ4v) is 3.65. The van der Waals surface area contributed by atoms with Crippen molar-refractivity contribution in [2.24, 2.45) is 11.7 Å². The molecule has 1 atom stereocenters. The first-order chi connectivity index (χ1) is 10.0. The molecule has 0 amide bonds. The van der Waals surface area contributed by atoms with Gasteiger partial charge in [-0.2, -0.15) is 0 Å². The molecule has 7 nitrogen and oxygen atoms in total. The third-order valence-corrected chi connectivity index (χ3v) is 5.23. The molecule has 0 aromatic carbocycles. The number of fused-ring (bicyclic) bond motifs is 1. The maximum Gasteiger partial charge on any atom is 0.258 e. The van der Waals surface area contributed by atoms with Crippen LogP contribution in [0.25, 0.3) is 11.1 Å². The monoisotopic (exact) mass is 310 g/mol. The average Bonchev–Trinajstić information content (AvgIpc) is 3.24. The molecule has 0 spiro atoms. The lowest BCUT2D eigenvalue weighted by Crippen LogP contribution is -2.41. The Morgan fingerprint density at radius 3 is 2.90 bits per heavy atom. The Morgan fingerprint density at radius 1 is 1.52 bits per heavy atom. The van der Waals surface area contributed by atoms with E-state index in [0.717, 1.165) is 12.8 Å². The summed E-state index contributed by atoms with van der Waals surface area (Å²) in [5, 5.41) is 4.51. The van der Waals surface area contributed by atoms with Crippen LogP contribution in [0.1, 0.15) is 25.5 Å². The van der Waals surface area contributed by atoms with Gasteiger partial charge in [0.15, 0.2) is 0 Å². The molecule has 0 bridgehead atoms. The molecule has 2 heterocycles. The zero-order valence-corrected chi connectivity index (χ0v) is 12.6. The van der Waals surface area contributed by atoms with Crippen molar-refractivity contribution >= 4 is 21.1 Å². The molecule has 2 aromatic rings. The Hall–Kier alpha value is -1.51. The van der Waals surface area contributed by atoms with Crippen LogP contribution < -0.4 is 10.5 Å². The molecule has 1 fully saturated rings. The molecule has 8 heteroatoms. The van der Waals surface area contributed by atoms with Crippen LogP contribution in [0, 0.1) is 5.92 Å². The maximum absolute atomic E-state index is 12.4. The van der Waals surface area contributed by atoms with E-state index in [1.807, 2.05) is 6.92 Å². The Morgan fingerprint density at radius 2 is 2.29 bits per heavy atom. The van der Waals surface area contributed by atoms with E-state index in [2.05, 4.69) is 14.9 Å². The van der Waals surface area contributed by atoms with Crippen LogP contribution in [-0.2, 0) is 16.4 Å². The summed E-state index contributed by atoms with van der Waals surface area (Å²) < 4.78 is 32.6. The molecular formula is C13H18N4O3S. The van der Waals surface area contributed by atoms with E-state index in [4.69, 9.17) is 10.3 Å². The SMILES string of the molecule is CCc1noc2ncc(S(=O)(=O)NC(CN)C3CC3)cc12. The summed E-state index contributed by atoms with van der Waals surface area (Å²) in [4.78, 5) is 4.15. The molecule has 1 aliphatic rings. The summed E-state index contributed by atoms with van der Waals surface area (Å²) in [6.45, 7) is 2.22. The lowest BCUT2D eigenvalue weighted by atomic mass is 10.2. The van der Waals surface area contributed by atoms with Gasteiger partial charge in [0.1, 0.15) is 4.90 Å². The molecule has 3 rings (SSSR count). The molecule has 1 saturated carbocycles. The first-order valence-corrected chi connectivity index (χ1v) is 8.50. The molecular weight excluding hydrogens is 292 g/mol. The van der Waals surface area contributed by atoms with Crippen LogP contribution in [0.5, 0.6) is 0 Å². The van der Waals surface area contributed by atoms with Gasteiger partial charge < -0.3 is 10.3 Å². The predicted octanol–water partition coefficient (Wildman–Crippen LogP) is 0.801. The molecule has 0 radical (unpaired) electrons. The minimum absolute atomic E-state index is 0.118. The fraction of sp³-hybridized carbons (Fsp3) is 0.538. The van der Waals surface area contributed by atoms with Crippen molar-refractivity contribution in [1.29, 1.82) is 0 Å². The van der Waals surface area contributed by atoms with Gasteiger partial charge in [0.25, 0.3) is 5.71 Å². The van der Waals surface area contributed by atoms with Crippen LogP contribution in [-0.4, -0.2) is 31.1 Å². The molecule has 21 heavy (non-hydrogen) atoms. The lowest BCUT2D eigenvalue weighted by Gasteiger charge is -2.15. The Labute approximate surface area is 122 Å². The number of nitrogens with two attached hydrogens (primary N) is 1. The van der Waals surface area contributed by atoms with Crippen LogP contribution in [0.15, 0.2) is 21.7 Å². The highest BCUT2D eigenvalue weighted by atomic mass is 32.2. The second-order valence-electron chi connectivity index (χ2n) is 5.31. The summed E-state index contributed by atoms with van der Waals surface area (Å²) in [6.07, 6.45) is 3.98. The first kappa shape index (κ1) is 14.4. The van der Waals surface area contributed by atoms with Gasteiger partial charge in [-0.1, -0.05) is 12.1 Å². The van der Waals surface area contributed by atoms with Gasteiger partial charge in [-0.05, 0) is 31.2 Å². The second-order valence-corrected chi connectivity index (χ2v) is 7.02. The summed E-state index contributed by atoms with van der Waals surface area (Å²) >= 11 is 0. The predicted molar refractivity (Wildman–Crippen MR) is 77.1 cm³/mol. The van der Waals surface area contributed by atoms with Gasteiger partial charge in [-0.15, -0.1) is 0 Å². The van der Waals surface area contributed by atoms with Gasteiger partial charge in [-0.25, -0.2) is 18.1 Å². The van der Waals surface area contributed by atoms with Crippen LogP contribution >= 0.6 is 0 Å². The van der Waals surface area contributed by atoms with Crippen molar-refractivity contribution in [2.45, 2.75) is 37.1 Å². The third-order valence-electron chi connectivity index (χ3n) is 3.78. The fourth-order valence-electron chi connectivity index (χ4n) is 2.36. The highest BCUT2D eigenvalue weighted by Crippen LogP contribution is 2.33. The van der Waals surface area contributed by atoms with E-state index >= 15 is 0 Å². The van der Waals surface area contributed by atoms with E-state index in [-0.39, 0.29) is 10.9 Å². The topological polar surface area (TPSA) is 111 Å². The maximum atomic E-state index is 12.4. The number of hydrogen-bond acceptors (Lipinski definition) is 6. The molecule has 114 valence electrons. The summed E-state index contributed by atoms with van der Waals surface area (Å²) in [5.41, 5.74) is 6.70.